The molecule has 136 valence electrons. The molecule has 0 saturated carbocycles. The van der Waals surface area contributed by atoms with Crippen LogP contribution in [0.2, 0.25) is 0 Å². The number of rotatable bonds is 5. The number of ether oxygens (including phenoxy) is 1. The van der Waals surface area contributed by atoms with Crippen molar-refractivity contribution in [1.82, 2.24) is 9.88 Å². The van der Waals surface area contributed by atoms with E-state index < -0.39 is 5.97 Å². The Morgan fingerprint density at radius 1 is 1.19 bits per heavy atom. The van der Waals surface area contributed by atoms with Crippen LogP contribution in [-0.4, -0.2) is 47.1 Å². The summed E-state index contributed by atoms with van der Waals surface area (Å²) in [6.45, 7) is 1.33. The minimum atomic E-state index is -1.06. The number of methoxy groups -OCH3 is 1. The topological polar surface area (TPSA) is 79.7 Å². The predicted molar refractivity (Wildman–Crippen MR) is 96.5 cm³/mol. The van der Waals surface area contributed by atoms with E-state index in [1.807, 2.05) is 12.1 Å². The third kappa shape index (κ3) is 4.20. The monoisotopic (exact) mass is 354 g/mol. The van der Waals surface area contributed by atoms with Gasteiger partial charge in [0.15, 0.2) is 0 Å². The normalized spacial score (nSPS) is 14.9. The summed E-state index contributed by atoms with van der Waals surface area (Å²) >= 11 is 0. The molecule has 0 atom stereocenters. The molecule has 3 rings (SSSR count). The van der Waals surface area contributed by atoms with Crippen LogP contribution < -0.4 is 4.74 Å². The van der Waals surface area contributed by atoms with E-state index in [2.05, 4.69) is 17.1 Å². The summed E-state index contributed by atoms with van der Waals surface area (Å²) in [4.78, 5) is 29.4. The van der Waals surface area contributed by atoms with Gasteiger partial charge in [0, 0.05) is 19.3 Å². The first-order valence-corrected chi connectivity index (χ1v) is 8.68. The lowest BCUT2D eigenvalue weighted by Gasteiger charge is -2.32. The summed E-state index contributed by atoms with van der Waals surface area (Å²) in [5, 5.41) is 9.05. The van der Waals surface area contributed by atoms with Crippen LogP contribution in [0.4, 0.5) is 0 Å². The molecule has 0 spiro atoms. The van der Waals surface area contributed by atoms with Crippen LogP contribution in [0.1, 0.15) is 39.3 Å². The number of amides is 1. The Labute approximate surface area is 152 Å². The lowest BCUT2D eigenvalue weighted by Crippen LogP contribution is -2.39. The molecule has 1 aliphatic heterocycles. The number of nitrogens with zero attached hydrogens (tertiary/aromatic N) is 2. The molecule has 1 fully saturated rings. The number of hydrogen-bond donors (Lipinski definition) is 1. The van der Waals surface area contributed by atoms with Crippen molar-refractivity contribution < 1.29 is 19.4 Å². The van der Waals surface area contributed by atoms with Gasteiger partial charge in [-0.3, -0.25) is 9.78 Å². The predicted octanol–water partition coefficient (Wildman–Crippen LogP) is 2.88. The molecular formula is C20H22N2O4. The third-order valence-corrected chi connectivity index (χ3v) is 4.81. The molecule has 0 bridgehead atoms. The maximum Gasteiger partial charge on any atom is 0.335 e. The standard InChI is InChI=1S/C20H22N2O4/c1-26-17-4-2-14(3-5-17)12-15-7-10-22(11-8-15)19(23)18-13-16(20(24)25)6-9-21-18/h2-6,9,13,15H,7-8,10-12H2,1H3,(H,24,25). The molecule has 0 aliphatic carbocycles. The fourth-order valence-corrected chi connectivity index (χ4v) is 3.28. The van der Waals surface area contributed by atoms with E-state index in [1.54, 1.807) is 12.0 Å². The third-order valence-electron chi connectivity index (χ3n) is 4.81. The highest BCUT2D eigenvalue weighted by Crippen LogP contribution is 2.23. The SMILES string of the molecule is COc1ccc(CC2CCN(C(=O)c3cc(C(=O)O)ccn3)CC2)cc1. The van der Waals surface area contributed by atoms with Crippen molar-refractivity contribution in [3.63, 3.8) is 0 Å². The van der Waals surface area contributed by atoms with Crippen LogP contribution in [0.25, 0.3) is 0 Å². The second-order valence-corrected chi connectivity index (χ2v) is 6.52. The van der Waals surface area contributed by atoms with Crippen molar-refractivity contribution in [3.8, 4) is 5.75 Å². The highest BCUT2D eigenvalue weighted by molar-refractivity contribution is 5.95. The zero-order valence-electron chi connectivity index (χ0n) is 14.7. The average Bonchev–Trinajstić information content (AvgIpc) is 2.68. The number of hydrogen-bond acceptors (Lipinski definition) is 4. The molecule has 1 amide bonds. The van der Waals surface area contributed by atoms with Crippen LogP contribution in [0.15, 0.2) is 42.6 Å². The maximum absolute atomic E-state index is 12.6. The van der Waals surface area contributed by atoms with Crippen LogP contribution in [0.5, 0.6) is 5.75 Å². The molecule has 1 saturated heterocycles. The molecule has 1 aliphatic rings. The Morgan fingerprint density at radius 3 is 2.50 bits per heavy atom. The molecule has 6 heteroatoms. The molecular weight excluding hydrogens is 332 g/mol. The van der Waals surface area contributed by atoms with E-state index in [-0.39, 0.29) is 17.2 Å². The summed E-state index contributed by atoms with van der Waals surface area (Å²) in [6.07, 6.45) is 4.21. The average molecular weight is 354 g/mol. The number of pyridine rings is 1. The van der Waals surface area contributed by atoms with Crippen molar-refractivity contribution in [1.29, 1.82) is 0 Å². The van der Waals surface area contributed by atoms with E-state index >= 15 is 0 Å². The van der Waals surface area contributed by atoms with Gasteiger partial charge in [-0.2, -0.15) is 0 Å². The molecule has 6 nitrogen and oxygen atoms in total. The zero-order chi connectivity index (χ0) is 18.5. The van der Waals surface area contributed by atoms with Crippen molar-refractivity contribution in [2.45, 2.75) is 19.3 Å². The number of piperidine rings is 1. The Morgan fingerprint density at radius 2 is 1.88 bits per heavy atom. The quantitative estimate of drug-likeness (QED) is 0.893. The van der Waals surface area contributed by atoms with E-state index in [1.165, 1.54) is 23.9 Å². The number of carboxylic acid groups (broad SMARTS) is 1. The Balaban J connectivity index is 1.56. The molecule has 2 heterocycles. The van der Waals surface area contributed by atoms with Gasteiger partial charge in [0.1, 0.15) is 11.4 Å². The lowest BCUT2D eigenvalue weighted by atomic mass is 9.90. The van der Waals surface area contributed by atoms with Gasteiger partial charge in [-0.1, -0.05) is 12.1 Å². The van der Waals surface area contributed by atoms with Crippen LogP contribution in [0, 0.1) is 5.92 Å². The smallest absolute Gasteiger partial charge is 0.335 e. The Bertz CT molecular complexity index is 781. The molecule has 1 aromatic heterocycles. The minimum Gasteiger partial charge on any atom is -0.497 e. The van der Waals surface area contributed by atoms with Gasteiger partial charge in [0.2, 0.25) is 0 Å². The summed E-state index contributed by atoms with van der Waals surface area (Å²) in [5.74, 6) is 0.131. The van der Waals surface area contributed by atoms with Crippen LogP contribution in [-0.2, 0) is 6.42 Å². The largest absolute Gasteiger partial charge is 0.497 e. The highest BCUT2D eigenvalue weighted by Gasteiger charge is 2.25. The van der Waals surface area contributed by atoms with Gasteiger partial charge in [0.25, 0.3) is 5.91 Å². The van der Waals surface area contributed by atoms with Crippen molar-refractivity contribution >= 4 is 11.9 Å². The number of carbonyl (C=O) groups is 2. The number of aromatic carboxylic acids is 1. The summed E-state index contributed by atoms with van der Waals surface area (Å²) < 4.78 is 5.18. The Kier molecular flexibility index (Phi) is 5.51. The molecule has 1 N–H and O–H groups in total. The summed E-state index contributed by atoms with van der Waals surface area (Å²) in [5.41, 5.74) is 1.54. The number of likely N-dealkylation sites (tertiary alicyclic amines) is 1. The van der Waals surface area contributed by atoms with Gasteiger partial charge in [-0.25, -0.2) is 4.79 Å². The van der Waals surface area contributed by atoms with Gasteiger partial charge in [-0.05, 0) is 55.0 Å². The number of carboxylic acids is 1. The molecule has 2 aromatic rings. The van der Waals surface area contributed by atoms with E-state index in [0.29, 0.717) is 19.0 Å². The number of carbonyl (C=O) groups excluding carboxylic acids is 1. The van der Waals surface area contributed by atoms with E-state index in [0.717, 1.165) is 25.0 Å². The van der Waals surface area contributed by atoms with Gasteiger partial charge < -0.3 is 14.7 Å². The first-order valence-electron chi connectivity index (χ1n) is 8.68. The second kappa shape index (κ2) is 7.99. The zero-order valence-corrected chi connectivity index (χ0v) is 14.7. The van der Waals surface area contributed by atoms with Gasteiger partial charge >= 0.3 is 5.97 Å². The Hall–Kier alpha value is -2.89. The second-order valence-electron chi connectivity index (χ2n) is 6.52. The lowest BCUT2D eigenvalue weighted by molar-refractivity contribution is 0.0684. The fourth-order valence-electron chi connectivity index (χ4n) is 3.28. The van der Waals surface area contributed by atoms with E-state index in [4.69, 9.17) is 9.84 Å². The van der Waals surface area contributed by atoms with Crippen molar-refractivity contribution in [2.24, 2.45) is 5.92 Å². The van der Waals surface area contributed by atoms with Crippen molar-refractivity contribution in [2.75, 3.05) is 20.2 Å². The first kappa shape index (κ1) is 17.9. The maximum atomic E-state index is 12.6. The number of benzene rings is 1. The molecule has 0 radical (unpaired) electrons. The molecule has 26 heavy (non-hydrogen) atoms. The summed E-state index contributed by atoms with van der Waals surface area (Å²) in [6, 6.07) is 10.8. The fraction of sp³-hybridized carbons (Fsp3) is 0.350. The van der Waals surface area contributed by atoms with Crippen LogP contribution in [0.3, 0.4) is 0 Å². The molecule has 1 aromatic carbocycles. The highest BCUT2D eigenvalue weighted by atomic mass is 16.5. The first-order chi connectivity index (χ1) is 12.6. The summed E-state index contributed by atoms with van der Waals surface area (Å²) in [7, 11) is 1.66. The van der Waals surface area contributed by atoms with Crippen LogP contribution >= 0.6 is 0 Å². The van der Waals surface area contributed by atoms with Crippen molar-refractivity contribution in [3.05, 3.63) is 59.4 Å². The van der Waals surface area contributed by atoms with E-state index in [9.17, 15) is 9.59 Å². The minimum absolute atomic E-state index is 0.0812. The molecule has 0 unspecified atom stereocenters. The number of aromatic nitrogens is 1. The van der Waals surface area contributed by atoms with Gasteiger partial charge in [0.05, 0.1) is 12.7 Å². The van der Waals surface area contributed by atoms with Gasteiger partial charge in [-0.15, -0.1) is 0 Å².